The van der Waals surface area contributed by atoms with E-state index in [4.69, 9.17) is 8.83 Å². The van der Waals surface area contributed by atoms with E-state index in [1.54, 1.807) is 6.26 Å². The zero-order chi connectivity index (χ0) is 13.9. The van der Waals surface area contributed by atoms with Crippen molar-refractivity contribution < 1.29 is 8.83 Å². The average Bonchev–Trinajstić information content (AvgIpc) is 2.92. The van der Waals surface area contributed by atoms with Gasteiger partial charge in [0.05, 0.1) is 18.0 Å². The SMILES string of the molecule is Cc1coc(SCc2ccc(CNC(C)(C)C)o2)n1. The molecule has 2 heterocycles. The summed E-state index contributed by atoms with van der Waals surface area (Å²) in [5.74, 6) is 2.62. The number of nitrogens with one attached hydrogen (secondary N) is 1. The third-order valence-corrected chi connectivity index (χ3v) is 3.31. The fourth-order valence-corrected chi connectivity index (χ4v) is 2.22. The highest BCUT2D eigenvalue weighted by Crippen LogP contribution is 2.23. The summed E-state index contributed by atoms with van der Waals surface area (Å²) in [5.41, 5.74) is 0.995. The van der Waals surface area contributed by atoms with Gasteiger partial charge in [0.25, 0.3) is 5.22 Å². The number of aromatic nitrogens is 1. The number of furan rings is 1. The van der Waals surface area contributed by atoms with Gasteiger partial charge in [0.1, 0.15) is 17.8 Å². The number of hydrogen-bond acceptors (Lipinski definition) is 5. The van der Waals surface area contributed by atoms with E-state index in [-0.39, 0.29) is 5.54 Å². The Hall–Kier alpha value is -1.20. The number of thioether (sulfide) groups is 1. The zero-order valence-corrected chi connectivity index (χ0v) is 12.6. The van der Waals surface area contributed by atoms with Gasteiger partial charge >= 0.3 is 0 Å². The Labute approximate surface area is 118 Å². The number of nitrogens with zero attached hydrogens (tertiary/aromatic N) is 1. The topological polar surface area (TPSA) is 51.2 Å². The predicted octanol–water partition coefficient (Wildman–Crippen LogP) is 3.76. The summed E-state index contributed by atoms with van der Waals surface area (Å²) in [6.45, 7) is 9.07. The minimum absolute atomic E-state index is 0.0946. The summed E-state index contributed by atoms with van der Waals surface area (Å²) in [7, 11) is 0. The van der Waals surface area contributed by atoms with Crippen molar-refractivity contribution in [3.8, 4) is 0 Å². The Morgan fingerprint density at radius 2 is 2.00 bits per heavy atom. The van der Waals surface area contributed by atoms with Crippen LogP contribution in [0.3, 0.4) is 0 Å². The highest BCUT2D eigenvalue weighted by Gasteiger charge is 2.11. The molecular weight excluding hydrogens is 260 g/mol. The van der Waals surface area contributed by atoms with Gasteiger partial charge in [0, 0.05) is 5.54 Å². The van der Waals surface area contributed by atoms with Crippen LogP contribution in [0.1, 0.15) is 38.0 Å². The predicted molar refractivity (Wildman–Crippen MR) is 76.1 cm³/mol. The number of hydrogen-bond donors (Lipinski definition) is 1. The Morgan fingerprint density at radius 3 is 2.63 bits per heavy atom. The van der Waals surface area contributed by atoms with E-state index in [2.05, 4.69) is 31.1 Å². The summed E-state index contributed by atoms with van der Waals surface area (Å²) < 4.78 is 11.0. The van der Waals surface area contributed by atoms with Crippen molar-refractivity contribution in [2.45, 2.75) is 50.8 Å². The van der Waals surface area contributed by atoms with E-state index in [1.807, 2.05) is 19.1 Å². The second-order valence-corrected chi connectivity index (χ2v) is 6.44. The van der Waals surface area contributed by atoms with E-state index in [0.29, 0.717) is 5.22 Å². The summed E-state index contributed by atoms with van der Waals surface area (Å²) in [6, 6.07) is 4.01. The first-order valence-electron chi connectivity index (χ1n) is 6.30. The maximum atomic E-state index is 5.75. The maximum absolute atomic E-state index is 5.75. The lowest BCUT2D eigenvalue weighted by Gasteiger charge is -2.19. The van der Waals surface area contributed by atoms with Crippen molar-refractivity contribution >= 4 is 11.8 Å². The third kappa shape index (κ3) is 4.76. The smallest absolute Gasteiger partial charge is 0.256 e. The first-order valence-corrected chi connectivity index (χ1v) is 7.28. The van der Waals surface area contributed by atoms with Crippen LogP contribution >= 0.6 is 11.8 Å². The molecule has 0 spiro atoms. The van der Waals surface area contributed by atoms with E-state index >= 15 is 0 Å². The molecule has 0 aliphatic rings. The van der Waals surface area contributed by atoms with Gasteiger partial charge in [0.15, 0.2) is 0 Å². The van der Waals surface area contributed by atoms with Crippen molar-refractivity contribution in [1.29, 1.82) is 0 Å². The zero-order valence-electron chi connectivity index (χ0n) is 11.8. The van der Waals surface area contributed by atoms with Crippen molar-refractivity contribution in [2.75, 3.05) is 0 Å². The van der Waals surface area contributed by atoms with Gasteiger partial charge in [-0.25, -0.2) is 4.98 Å². The van der Waals surface area contributed by atoms with Crippen molar-refractivity contribution in [3.05, 3.63) is 35.6 Å². The first kappa shape index (κ1) is 14.2. The molecule has 5 heteroatoms. The van der Waals surface area contributed by atoms with E-state index in [9.17, 15) is 0 Å². The van der Waals surface area contributed by atoms with Crippen LogP contribution in [0.5, 0.6) is 0 Å². The van der Waals surface area contributed by atoms with Crippen LogP contribution in [-0.2, 0) is 12.3 Å². The molecule has 0 radical (unpaired) electrons. The molecule has 0 aliphatic carbocycles. The third-order valence-electron chi connectivity index (χ3n) is 2.45. The summed E-state index contributed by atoms with van der Waals surface area (Å²) >= 11 is 1.54. The van der Waals surface area contributed by atoms with Crippen LogP contribution < -0.4 is 5.32 Å². The van der Waals surface area contributed by atoms with Crippen LogP contribution in [0.4, 0.5) is 0 Å². The van der Waals surface area contributed by atoms with Crippen molar-refractivity contribution in [1.82, 2.24) is 10.3 Å². The Morgan fingerprint density at radius 1 is 1.26 bits per heavy atom. The van der Waals surface area contributed by atoms with Crippen LogP contribution in [0.25, 0.3) is 0 Å². The molecule has 19 heavy (non-hydrogen) atoms. The first-order chi connectivity index (χ1) is 8.92. The highest BCUT2D eigenvalue weighted by atomic mass is 32.2. The average molecular weight is 280 g/mol. The molecule has 0 aromatic carbocycles. The Balaban J connectivity index is 1.84. The number of aryl methyl sites for hydroxylation is 1. The molecule has 0 saturated heterocycles. The molecule has 104 valence electrons. The molecule has 0 fully saturated rings. The normalized spacial score (nSPS) is 12.0. The minimum atomic E-state index is 0.0946. The second-order valence-electron chi connectivity index (χ2n) is 5.52. The number of rotatable bonds is 5. The van der Waals surface area contributed by atoms with Crippen molar-refractivity contribution in [3.63, 3.8) is 0 Å². The molecule has 0 bridgehead atoms. The highest BCUT2D eigenvalue weighted by molar-refractivity contribution is 7.98. The molecule has 0 saturated carbocycles. The molecule has 0 unspecified atom stereocenters. The maximum Gasteiger partial charge on any atom is 0.256 e. The summed E-state index contributed by atoms with van der Waals surface area (Å²) in [5, 5.41) is 4.08. The molecule has 0 atom stereocenters. The van der Waals surface area contributed by atoms with Gasteiger partial charge in [-0.05, 0) is 39.8 Å². The van der Waals surface area contributed by atoms with Gasteiger partial charge in [0.2, 0.25) is 0 Å². The molecule has 2 aromatic rings. The Kier molecular flexibility index (Phi) is 4.37. The monoisotopic (exact) mass is 280 g/mol. The largest absolute Gasteiger partial charge is 0.464 e. The molecular formula is C14H20N2O2S. The van der Waals surface area contributed by atoms with Gasteiger partial charge < -0.3 is 14.2 Å². The standard InChI is InChI=1S/C14H20N2O2S/c1-10-8-17-13(16-10)19-9-12-6-5-11(18-12)7-15-14(2,3)4/h5-6,8,15H,7,9H2,1-4H3. The van der Waals surface area contributed by atoms with E-state index in [1.165, 1.54) is 11.8 Å². The van der Waals surface area contributed by atoms with Crippen LogP contribution in [0, 0.1) is 6.92 Å². The number of oxazole rings is 1. The van der Waals surface area contributed by atoms with E-state index in [0.717, 1.165) is 29.5 Å². The second kappa shape index (κ2) is 5.84. The van der Waals surface area contributed by atoms with E-state index < -0.39 is 0 Å². The Bertz CT molecular complexity index is 526. The lowest BCUT2D eigenvalue weighted by molar-refractivity contribution is 0.382. The van der Waals surface area contributed by atoms with Gasteiger partial charge in [-0.15, -0.1) is 0 Å². The fourth-order valence-electron chi connectivity index (χ4n) is 1.48. The fraction of sp³-hybridized carbons (Fsp3) is 0.500. The molecule has 2 aromatic heterocycles. The lowest BCUT2D eigenvalue weighted by Crippen LogP contribution is -2.34. The molecule has 0 amide bonds. The van der Waals surface area contributed by atoms with Gasteiger partial charge in [-0.2, -0.15) is 0 Å². The van der Waals surface area contributed by atoms with Gasteiger partial charge in [-0.1, -0.05) is 11.8 Å². The minimum Gasteiger partial charge on any atom is -0.464 e. The lowest BCUT2D eigenvalue weighted by atomic mass is 10.1. The van der Waals surface area contributed by atoms with Gasteiger partial charge in [-0.3, -0.25) is 0 Å². The van der Waals surface area contributed by atoms with Crippen LogP contribution in [0.15, 0.2) is 32.5 Å². The summed E-state index contributed by atoms with van der Waals surface area (Å²) in [6.07, 6.45) is 1.66. The van der Waals surface area contributed by atoms with Crippen LogP contribution in [0.2, 0.25) is 0 Å². The van der Waals surface area contributed by atoms with Crippen LogP contribution in [-0.4, -0.2) is 10.5 Å². The summed E-state index contributed by atoms with van der Waals surface area (Å²) in [4.78, 5) is 4.24. The van der Waals surface area contributed by atoms with Crippen molar-refractivity contribution in [2.24, 2.45) is 0 Å². The molecule has 0 aliphatic heterocycles. The molecule has 1 N–H and O–H groups in total. The molecule has 4 nitrogen and oxygen atoms in total. The molecule has 2 rings (SSSR count). The quantitative estimate of drug-likeness (QED) is 0.845.